The van der Waals surface area contributed by atoms with Gasteiger partial charge in [-0.2, -0.15) is 0 Å². The molecule has 0 bridgehead atoms. The molecule has 0 radical (unpaired) electrons. The van der Waals surface area contributed by atoms with Crippen molar-refractivity contribution in [2.45, 2.75) is 13.0 Å². The van der Waals surface area contributed by atoms with Crippen LogP contribution >= 0.6 is 0 Å². The Balaban J connectivity index is 1.78. The summed E-state index contributed by atoms with van der Waals surface area (Å²) < 4.78 is 6.03. The van der Waals surface area contributed by atoms with E-state index in [2.05, 4.69) is 73.7 Å². The molecule has 120 valence electrons. The third-order valence-electron chi connectivity index (χ3n) is 4.07. The number of hydrogen-bond donors (Lipinski definition) is 0. The summed E-state index contributed by atoms with van der Waals surface area (Å²) in [5.74, 6) is 0. The van der Waals surface area contributed by atoms with Gasteiger partial charge in [0.25, 0.3) is 0 Å². The van der Waals surface area contributed by atoms with Crippen LogP contribution < -0.4 is 0 Å². The largest absolute Gasteiger partial charge is 0.370 e. The number of ether oxygens (including phenoxy) is 1. The standard InChI is InChI=1S/C23H22O/c1-19(20-11-5-2-6-12-20)24-18-17-23(21-13-7-3-8-14-21)22-15-9-4-10-16-22/h2-17,19H,18H2,1H3/t19-/m0/s1. The van der Waals surface area contributed by atoms with E-state index in [4.69, 9.17) is 4.74 Å². The van der Waals surface area contributed by atoms with Crippen LogP contribution in [0.1, 0.15) is 29.7 Å². The molecule has 1 heteroatoms. The van der Waals surface area contributed by atoms with Gasteiger partial charge in [0.1, 0.15) is 0 Å². The van der Waals surface area contributed by atoms with Crippen molar-refractivity contribution in [3.05, 3.63) is 114 Å². The highest BCUT2D eigenvalue weighted by Crippen LogP contribution is 2.24. The SMILES string of the molecule is C[C@H](OCC=C(c1ccccc1)c1ccccc1)c1ccccc1. The number of rotatable bonds is 6. The Bertz CT molecular complexity index is 719. The van der Waals surface area contributed by atoms with Gasteiger partial charge < -0.3 is 4.74 Å². The highest BCUT2D eigenvalue weighted by molar-refractivity contribution is 5.79. The zero-order valence-corrected chi connectivity index (χ0v) is 13.9. The molecule has 0 N–H and O–H groups in total. The molecule has 0 aliphatic carbocycles. The third-order valence-corrected chi connectivity index (χ3v) is 4.07. The van der Waals surface area contributed by atoms with Crippen LogP contribution in [-0.2, 0) is 4.74 Å². The molecule has 1 nitrogen and oxygen atoms in total. The molecule has 24 heavy (non-hydrogen) atoms. The summed E-state index contributed by atoms with van der Waals surface area (Å²) in [4.78, 5) is 0. The normalized spacial score (nSPS) is 11.7. The van der Waals surface area contributed by atoms with E-state index in [-0.39, 0.29) is 6.10 Å². The van der Waals surface area contributed by atoms with E-state index < -0.39 is 0 Å². The molecule has 0 heterocycles. The van der Waals surface area contributed by atoms with Gasteiger partial charge in [-0.15, -0.1) is 0 Å². The van der Waals surface area contributed by atoms with E-state index in [1.165, 1.54) is 22.3 Å². The van der Waals surface area contributed by atoms with Crippen LogP contribution in [0, 0.1) is 0 Å². The lowest BCUT2D eigenvalue weighted by molar-refractivity contribution is 0.0888. The van der Waals surface area contributed by atoms with Crippen molar-refractivity contribution in [1.29, 1.82) is 0 Å². The van der Waals surface area contributed by atoms with Crippen LogP contribution in [0.5, 0.6) is 0 Å². The molecular formula is C23H22O. The molecule has 0 saturated carbocycles. The van der Waals surface area contributed by atoms with E-state index in [0.717, 1.165) is 0 Å². The molecule has 0 aromatic heterocycles. The van der Waals surface area contributed by atoms with E-state index in [1.807, 2.05) is 30.3 Å². The fourth-order valence-corrected chi connectivity index (χ4v) is 2.73. The average Bonchev–Trinajstić information content (AvgIpc) is 2.67. The first-order chi connectivity index (χ1) is 11.8. The minimum Gasteiger partial charge on any atom is -0.370 e. The van der Waals surface area contributed by atoms with Crippen molar-refractivity contribution in [3.63, 3.8) is 0 Å². The molecule has 3 aromatic carbocycles. The molecule has 0 amide bonds. The first kappa shape index (κ1) is 16.2. The lowest BCUT2D eigenvalue weighted by Gasteiger charge is -2.13. The van der Waals surface area contributed by atoms with E-state index in [0.29, 0.717) is 6.61 Å². The third kappa shape index (κ3) is 4.21. The van der Waals surface area contributed by atoms with Crippen LogP contribution in [0.15, 0.2) is 97.1 Å². The van der Waals surface area contributed by atoms with Crippen molar-refractivity contribution in [1.82, 2.24) is 0 Å². The Hall–Kier alpha value is -2.64. The molecule has 0 aliphatic heterocycles. The zero-order chi connectivity index (χ0) is 16.6. The van der Waals surface area contributed by atoms with Gasteiger partial charge in [-0.3, -0.25) is 0 Å². The van der Waals surface area contributed by atoms with Crippen LogP contribution in [0.4, 0.5) is 0 Å². The van der Waals surface area contributed by atoms with Crippen molar-refractivity contribution >= 4 is 5.57 Å². The van der Waals surface area contributed by atoms with Gasteiger partial charge in [-0.05, 0) is 29.2 Å². The minimum atomic E-state index is 0.0789. The maximum Gasteiger partial charge on any atom is 0.0801 e. The van der Waals surface area contributed by atoms with Gasteiger partial charge in [0, 0.05) is 0 Å². The Morgan fingerprint density at radius 2 is 1.21 bits per heavy atom. The van der Waals surface area contributed by atoms with Gasteiger partial charge in [0.05, 0.1) is 12.7 Å². The maximum absolute atomic E-state index is 6.03. The molecule has 3 rings (SSSR count). The molecular weight excluding hydrogens is 292 g/mol. The topological polar surface area (TPSA) is 9.23 Å². The van der Waals surface area contributed by atoms with Gasteiger partial charge >= 0.3 is 0 Å². The van der Waals surface area contributed by atoms with Crippen LogP contribution in [0.2, 0.25) is 0 Å². The highest BCUT2D eigenvalue weighted by Gasteiger charge is 2.06. The van der Waals surface area contributed by atoms with E-state index in [1.54, 1.807) is 0 Å². The van der Waals surface area contributed by atoms with Gasteiger partial charge in [-0.1, -0.05) is 97.1 Å². The van der Waals surface area contributed by atoms with Crippen molar-refractivity contribution < 1.29 is 4.74 Å². The Morgan fingerprint density at radius 3 is 1.71 bits per heavy atom. The molecule has 0 saturated heterocycles. The van der Waals surface area contributed by atoms with Gasteiger partial charge in [-0.25, -0.2) is 0 Å². The van der Waals surface area contributed by atoms with Gasteiger partial charge in [0.2, 0.25) is 0 Å². The lowest BCUT2D eigenvalue weighted by atomic mass is 9.98. The quantitative estimate of drug-likeness (QED) is 0.550. The summed E-state index contributed by atoms with van der Waals surface area (Å²) in [6.45, 7) is 2.67. The van der Waals surface area contributed by atoms with Gasteiger partial charge in [0.15, 0.2) is 0 Å². The summed E-state index contributed by atoms with van der Waals surface area (Å²) in [5.41, 5.74) is 4.82. The molecule has 0 fully saturated rings. The van der Waals surface area contributed by atoms with E-state index in [9.17, 15) is 0 Å². The summed E-state index contributed by atoms with van der Waals surface area (Å²) in [7, 11) is 0. The lowest BCUT2D eigenvalue weighted by Crippen LogP contribution is -2.00. The molecule has 0 unspecified atom stereocenters. The van der Waals surface area contributed by atoms with E-state index >= 15 is 0 Å². The first-order valence-corrected chi connectivity index (χ1v) is 8.32. The Labute approximate surface area is 144 Å². The second-order valence-electron chi connectivity index (χ2n) is 5.74. The number of benzene rings is 3. The van der Waals surface area contributed by atoms with Crippen LogP contribution in [-0.4, -0.2) is 6.61 Å². The first-order valence-electron chi connectivity index (χ1n) is 8.32. The van der Waals surface area contributed by atoms with Crippen molar-refractivity contribution in [2.24, 2.45) is 0 Å². The summed E-state index contributed by atoms with van der Waals surface area (Å²) in [6.07, 6.45) is 2.25. The second-order valence-corrected chi connectivity index (χ2v) is 5.74. The fourth-order valence-electron chi connectivity index (χ4n) is 2.73. The second kappa shape index (κ2) is 8.28. The van der Waals surface area contributed by atoms with Crippen LogP contribution in [0.3, 0.4) is 0 Å². The van der Waals surface area contributed by atoms with Crippen LogP contribution in [0.25, 0.3) is 5.57 Å². The highest BCUT2D eigenvalue weighted by atomic mass is 16.5. The molecule has 0 aliphatic rings. The minimum absolute atomic E-state index is 0.0789. The molecule has 0 spiro atoms. The predicted octanol–water partition coefficient (Wildman–Crippen LogP) is 5.90. The average molecular weight is 314 g/mol. The van der Waals surface area contributed by atoms with Crippen molar-refractivity contribution in [2.75, 3.05) is 6.61 Å². The summed E-state index contributed by atoms with van der Waals surface area (Å²) in [5, 5.41) is 0. The smallest absolute Gasteiger partial charge is 0.0801 e. The Morgan fingerprint density at radius 1 is 0.750 bits per heavy atom. The summed E-state index contributed by atoms with van der Waals surface area (Å²) in [6, 6.07) is 31.2. The fraction of sp³-hybridized carbons (Fsp3) is 0.130. The summed E-state index contributed by atoms with van der Waals surface area (Å²) >= 11 is 0. The Kier molecular flexibility index (Phi) is 5.60. The molecule has 1 atom stereocenters. The maximum atomic E-state index is 6.03. The predicted molar refractivity (Wildman–Crippen MR) is 101 cm³/mol. The monoisotopic (exact) mass is 314 g/mol. The number of hydrogen-bond acceptors (Lipinski definition) is 1. The zero-order valence-electron chi connectivity index (χ0n) is 13.9. The van der Waals surface area contributed by atoms with Crippen molar-refractivity contribution in [3.8, 4) is 0 Å². The molecule has 3 aromatic rings.